The Morgan fingerprint density at radius 1 is 1.08 bits per heavy atom. The summed E-state index contributed by atoms with van der Waals surface area (Å²) in [4.78, 5) is 36.2. The number of amides is 1. The van der Waals surface area contributed by atoms with Crippen molar-refractivity contribution in [2.24, 2.45) is 5.92 Å². The van der Waals surface area contributed by atoms with E-state index in [1.165, 1.54) is 6.07 Å². The van der Waals surface area contributed by atoms with Crippen LogP contribution in [0.1, 0.15) is 28.8 Å². The average Bonchev–Trinajstić information content (AvgIpc) is 3.46. The molecule has 25 heavy (non-hydrogen) atoms. The minimum absolute atomic E-state index is 0.0708. The lowest BCUT2D eigenvalue weighted by Crippen LogP contribution is -2.22. The van der Waals surface area contributed by atoms with Gasteiger partial charge < -0.3 is 10.1 Å². The fraction of sp³-hybridized carbons (Fsp3) is 0.211. The highest BCUT2D eigenvalue weighted by Crippen LogP contribution is 2.30. The molecule has 1 saturated carbocycles. The Bertz CT molecular complexity index is 815. The zero-order valence-electron chi connectivity index (χ0n) is 13.3. The van der Waals surface area contributed by atoms with Gasteiger partial charge in [0.15, 0.2) is 12.4 Å². The topological polar surface area (TPSA) is 72.5 Å². The predicted octanol–water partition coefficient (Wildman–Crippen LogP) is 3.46. The van der Waals surface area contributed by atoms with Gasteiger partial charge in [-0.1, -0.05) is 41.9 Å². The molecule has 2 aromatic carbocycles. The molecule has 5 nitrogen and oxygen atoms in total. The molecule has 2 aromatic rings. The van der Waals surface area contributed by atoms with Crippen LogP contribution in [0.5, 0.6) is 0 Å². The van der Waals surface area contributed by atoms with Gasteiger partial charge in [0.1, 0.15) is 0 Å². The second kappa shape index (κ2) is 7.49. The van der Waals surface area contributed by atoms with Crippen LogP contribution in [0.4, 0.5) is 5.69 Å². The van der Waals surface area contributed by atoms with E-state index in [0.29, 0.717) is 16.3 Å². The van der Waals surface area contributed by atoms with Crippen molar-refractivity contribution >= 4 is 34.9 Å². The molecule has 1 fully saturated rings. The molecular weight excluding hydrogens is 342 g/mol. The molecule has 0 atom stereocenters. The molecule has 3 rings (SSSR count). The van der Waals surface area contributed by atoms with Gasteiger partial charge in [0.25, 0.3) is 5.91 Å². The zero-order chi connectivity index (χ0) is 17.8. The number of nitrogens with one attached hydrogen (secondary N) is 1. The van der Waals surface area contributed by atoms with Crippen LogP contribution in [0.15, 0.2) is 48.5 Å². The number of ketones is 1. The first-order chi connectivity index (χ1) is 12.0. The maximum Gasteiger partial charge on any atom is 0.309 e. The summed E-state index contributed by atoms with van der Waals surface area (Å²) >= 11 is 6.00. The van der Waals surface area contributed by atoms with E-state index in [1.807, 2.05) is 6.07 Å². The van der Waals surface area contributed by atoms with Gasteiger partial charge in [-0.25, -0.2) is 0 Å². The van der Waals surface area contributed by atoms with E-state index in [9.17, 15) is 14.4 Å². The van der Waals surface area contributed by atoms with Crippen LogP contribution in [0, 0.1) is 5.92 Å². The number of esters is 1. The van der Waals surface area contributed by atoms with E-state index in [-0.39, 0.29) is 29.8 Å². The van der Waals surface area contributed by atoms with Gasteiger partial charge in [-0.15, -0.1) is 0 Å². The second-order valence-corrected chi connectivity index (χ2v) is 6.25. The minimum Gasteiger partial charge on any atom is -0.455 e. The SMILES string of the molecule is O=C(COC(=O)C1CC1)Nc1ccc(Cl)cc1C(=O)c1ccccc1. The van der Waals surface area contributed by atoms with E-state index in [1.54, 1.807) is 36.4 Å². The first kappa shape index (κ1) is 17.2. The Balaban J connectivity index is 1.73. The van der Waals surface area contributed by atoms with Gasteiger partial charge in [-0.05, 0) is 31.0 Å². The van der Waals surface area contributed by atoms with Crippen molar-refractivity contribution in [2.45, 2.75) is 12.8 Å². The number of rotatable bonds is 6. The number of halogens is 1. The van der Waals surface area contributed by atoms with E-state index in [4.69, 9.17) is 16.3 Å². The Kier molecular flexibility index (Phi) is 5.14. The summed E-state index contributed by atoms with van der Waals surface area (Å²) < 4.78 is 4.95. The van der Waals surface area contributed by atoms with Gasteiger partial charge in [0.2, 0.25) is 0 Å². The third-order valence-corrected chi connectivity index (χ3v) is 4.03. The number of anilines is 1. The van der Waals surface area contributed by atoms with Crippen LogP contribution >= 0.6 is 11.6 Å². The summed E-state index contributed by atoms with van der Waals surface area (Å²) in [6, 6.07) is 13.3. The molecule has 0 spiro atoms. The van der Waals surface area contributed by atoms with Crippen LogP contribution in [0.25, 0.3) is 0 Å². The lowest BCUT2D eigenvalue weighted by atomic mass is 10.0. The molecule has 0 aromatic heterocycles. The molecule has 0 saturated heterocycles. The maximum absolute atomic E-state index is 12.7. The molecule has 1 N–H and O–H groups in total. The molecule has 0 bridgehead atoms. The average molecular weight is 358 g/mol. The normalized spacial score (nSPS) is 13.2. The zero-order valence-corrected chi connectivity index (χ0v) is 14.1. The van der Waals surface area contributed by atoms with Crippen LogP contribution in [0.2, 0.25) is 5.02 Å². The van der Waals surface area contributed by atoms with Crippen LogP contribution in [-0.2, 0) is 14.3 Å². The molecule has 128 valence electrons. The Morgan fingerprint density at radius 2 is 1.80 bits per heavy atom. The fourth-order valence-corrected chi connectivity index (χ4v) is 2.49. The lowest BCUT2D eigenvalue weighted by Gasteiger charge is -2.11. The molecule has 6 heteroatoms. The minimum atomic E-state index is -0.501. The lowest BCUT2D eigenvalue weighted by molar-refractivity contribution is -0.148. The molecule has 1 amide bonds. The monoisotopic (exact) mass is 357 g/mol. The van der Waals surface area contributed by atoms with Gasteiger partial charge in [-0.2, -0.15) is 0 Å². The van der Waals surface area contributed by atoms with Gasteiger partial charge in [0, 0.05) is 16.1 Å². The van der Waals surface area contributed by atoms with Crippen molar-refractivity contribution in [1.29, 1.82) is 0 Å². The number of ether oxygens (including phenoxy) is 1. The molecule has 1 aliphatic rings. The Labute approximate surface area is 149 Å². The Hall–Kier alpha value is -2.66. The van der Waals surface area contributed by atoms with Crippen molar-refractivity contribution in [3.8, 4) is 0 Å². The number of carbonyl (C=O) groups is 3. The molecule has 0 unspecified atom stereocenters. The van der Waals surface area contributed by atoms with E-state index < -0.39 is 5.91 Å². The summed E-state index contributed by atoms with van der Waals surface area (Å²) in [5, 5.41) is 2.99. The summed E-state index contributed by atoms with van der Waals surface area (Å²) in [6.07, 6.45) is 1.63. The molecule has 1 aliphatic carbocycles. The Morgan fingerprint density at radius 3 is 2.48 bits per heavy atom. The number of hydrogen-bond donors (Lipinski definition) is 1. The first-order valence-electron chi connectivity index (χ1n) is 7.90. The quantitative estimate of drug-likeness (QED) is 0.634. The molecule has 0 radical (unpaired) electrons. The van der Waals surface area contributed by atoms with E-state index in [2.05, 4.69) is 5.32 Å². The van der Waals surface area contributed by atoms with E-state index in [0.717, 1.165) is 12.8 Å². The third-order valence-electron chi connectivity index (χ3n) is 3.79. The highest BCUT2D eigenvalue weighted by Gasteiger charge is 2.31. The number of carbonyl (C=O) groups excluding carboxylic acids is 3. The second-order valence-electron chi connectivity index (χ2n) is 5.82. The standard InChI is InChI=1S/C19H16ClNO4/c20-14-8-9-16(21-17(22)11-25-19(24)13-6-7-13)15(10-14)18(23)12-4-2-1-3-5-12/h1-5,8-10,13H,6-7,11H2,(H,21,22). The summed E-state index contributed by atoms with van der Waals surface area (Å²) in [5.41, 5.74) is 1.09. The summed E-state index contributed by atoms with van der Waals surface area (Å²) in [6.45, 7) is -0.378. The van der Waals surface area contributed by atoms with Crippen molar-refractivity contribution in [1.82, 2.24) is 0 Å². The van der Waals surface area contributed by atoms with Crippen molar-refractivity contribution in [3.63, 3.8) is 0 Å². The summed E-state index contributed by atoms with van der Waals surface area (Å²) in [5.74, 6) is -1.18. The van der Waals surface area contributed by atoms with Crippen molar-refractivity contribution < 1.29 is 19.1 Å². The predicted molar refractivity (Wildman–Crippen MR) is 93.6 cm³/mol. The van der Waals surface area contributed by atoms with Crippen molar-refractivity contribution in [2.75, 3.05) is 11.9 Å². The third kappa shape index (κ3) is 4.45. The largest absolute Gasteiger partial charge is 0.455 e. The molecule has 0 heterocycles. The maximum atomic E-state index is 12.7. The van der Waals surface area contributed by atoms with E-state index >= 15 is 0 Å². The van der Waals surface area contributed by atoms with Gasteiger partial charge >= 0.3 is 5.97 Å². The van der Waals surface area contributed by atoms with Crippen LogP contribution in [0.3, 0.4) is 0 Å². The van der Waals surface area contributed by atoms with Gasteiger partial charge in [0.05, 0.1) is 11.6 Å². The highest BCUT2D eigenvalue weighted by atomic mass is 35.5. The smallest absolute Gasteiger partial charge is 0.309 e. The van der Waals surface area contributed by atoms with Gasteiger partial charge in [-0.3, -0.25) is 14.4 Å². The number of hydrogen-bond acceptors (Lipinski definition) is 4. The highest BCUT2D eigenvalue weighted by molar-refractivity contribution is 6.31. The summed E-state index contributed by atoms with van der Waals surface area (Å²) in [7, 11) is 0. The van der Waals surface area contributed by atoms with Crippen molar-refractivity contribution in [3.05, 3.63) is 64.7 Å². The molecule has 0 aliphatic heterocycles. The van der Waals surface area contributed by atoms with Crippen LogP contribution < -0.4 is 5.32 Å². The fourth-order valence-electron chi connectivity index (χ4n) is 2.32. The van der Waals surface area contributed by atoms with Crippen LogP contribution in [-0.4, -0.2) is 24.3 Å². The number of benzene rings is 2. The molecular formula is C19H16ClNO4. The first-order valence-corrected chi connectivity index (χ1v) is 8.28.